The Labute approximate surface area is 346 Å². The van der Waals surface area contributed by atoms with E-state index in [1.54, 1.807) is 0 Å². The number of allylic oxidation sites excluding steroid dienone is 2. The average Bonchev–Trinajstić information content (AvgIpc) is 3.15. The molecule has 9 nitrogen and oxygen atoms in total. The molecule has 0 heterocycles. The summed E-state index contributed by atoms with van der Waals surface area (Å²) >= 11 is 0. The van der Waals surface area contributed by atoms with Gasteiger partial charge >= 0.3 is 11.9 Å². The second-order valence-electron chi connectivity index (χ2n) is 17.1. The van der Waals surface area contributed by atoms with Crippen molar-refractivity contribution in [1.29, 1.82) is 0 Å². The lowest BCUT2D eigenvalue weighted by molar-refractivity contribution is -0.870. The van der Waals surface area contributed by atoms with Crippen molar-refractivity contribution in [3.8, 4) is 0 Å². The molecular weight excluding hydrogens is 725 g/mol. The third-order valence-corrected chi connectivity index (χ3v) is 11.2. The van der Waals surface area contributed by atoms with Crippen LogP contribution < -0.4 is 4.89 Å². The first kappa shape index (κ1) is 54.8. The van der Waals surface area contributed by atoms with Gasteiger partial charge in [0.05, 0.1) is 27.7 Å². The van der Waals surface area contributed by atoms with Gasteiger partial charge in [0.25, 0.3) is 7.82 Å². The second kappa shape index (κ2) is 39.2. The van der Waals surface area contributed by atoms with Gasteiger partial charge in [-0.05, 0) is 38.5 Å². The highest BCUT2D eigenvalue weighted by atomic mass is 31.2. The number of hydrogen-bond donors (Lipinski definition) is 0. The first-order valence-corrected chi connectivity index (χ1v) is 24.9. The summed E-state index contributed by atoms with van der Waals surface area (Å²) in [7, 11) is 1.17. The van der Waals surface area contributed by atoms with Crippen molar-refractivity contribution in [3.63, 3.8) is 0 Å². The van der Waals surface area contributed by atoms with E-state index >= 15 is 0 Å². The predicted octanol–water partition coefficient (Wildman–Crippen LogP) is 12.7. The number of rotatable bonds is 43. The Kier molecular flexibility index (Phi) is 38.3. The Morgan fingerprint density at radius 1 is 0.536 bits per heavy atom. The minimum Gasteiger partial charge on any atom is -0.756 e. The minimum absolute atomic E-state index is 0.0288. The molecule has 0 amide bonds. The lowest BCUT2D eigenvalue weighted by Crippen LogP contribution is -2.37. The number of esters is 2. The highest BCUT2D eigenvalue weighted by molar-refractivity contribution is 7.45. The number of phosphoric ester groups is 1. The minimum atomic E-state index is -4.62. The van der Waals surface area contributed by atoms with Crippen LogP contribution in [0.25, 0.3) is 0 Å². The monoisotopic (exact) mass is 816 g/mol. The number of carbonyl (C=O) groups is 2. The quantitative estimate of drug-likeness (QED) is 0.0197. The maximum absolute atomic E-state index is 12.7. The number of ether oxygens (including phenoxy) is 2. The van der Waals surface area contributed by atoms with E-state index < -0.39 is 26.5 Å². The summed E-state index contributed by atoms with van der Waals surface area (Å²) in [5.74, 6) is -0.833. The van der Waals surface area contributed by atoms with Crippen LogP contribution in [0, 0.1) is 0 Å². The number of carbonyl (C=O) groups excluding carboxylic acids is 2. The van der Waals surface area contributed by atoms with Gasteiger partial charge in [-0.2, -0.15) is 0 Å². The highest BCUT2D eigenvalue weighted by Crippen LogP contribution is 2.38. The molecule has 0 bridgehead atoms. The van der Waals surface area contributed by atoms with Crippen LogP contribution >= 0.6 is 7.82 Å². The fourth-order valence-electron chi connectivity index (χ4n) is 6.59. The van der Waals surface area contributed by atoms with E-state index in [9.17, 15) is 19.0 Å². The predicted molar refractivity (Wildman–Crippen MR) is 231 cm³/mol. The largest absolute Gasteiger partial charge is 0.756 e. The van der Waals surface area contributed by atoms with Crippen molar-refractivity contribution in [2.45, 2.75) is 225 Å². The Hall–Kier alpha value is -1.25. The van der Waals surface area contributed by atoms with E-state index in [1.165, 1.54) is 135 Å². The lowest BCUT2D eigenvalue weighted by atomic mass is 10.0. The molecular formula is C46H90NO8P. The fourth-order valence-corrected chi connectivity index (χ4v) is 7.32. The van der Waals surface area contributed by atoms with Crippen LogP contribution in [0.2, 0.25) is 0 Å². The average molecular weight is 816 g/mol. The maximum Gasteiger partial charge on any atom is 0.306 e. The van der Waals surface area contributed by atoms with E-state index in [-0.39, 0.29) is 32.0 Å². The van der Waals surface area contributed by atoms with Crippen molar-refractivity contribution < 1.29 is 42.1 Å². The summed E-state index contributed by atoms with van der Waals surface area (Å²) in [6.45, 7) is 4.24. The number of hydrogen-bond acceptors (Lipinski definition) is 8. The molecule has 2 atom stereocenters. The molecule has 0 N–H and O–H groups in total. The van der Waals surface area contributed by atoms with Gasteiger partial charge in [-0.25, -0.2) is 0 Å². The molecule has 10 heteroatoms. The van der Waals surface area contributed by atoms with Gasteiger partial charge in [-0.1, -0.05) is 180 Å². The summed E-state index contributed by atoms with van der Waals surface area (Å²) in [5.41, 5.74) is 0. The fraction of sp³-hybridized carbons (Fsp3) is 0.913. The van der Waals surface area contributed by atoms with E-state index in [4.69, 9.17) is 18.5 Å². The molecule has 0 aromatic carbocycles. The number of quaternary nitrogens is 1. The van der Waals surface area contributed by atoms with Crippen LogP contribution in [0.3, 0.4) is 0 Å². The first-order valence-electron chi connectivity index (χ1n) is 23.4. The van der Waals surface area contributed by atoms with E-state index in [1.807, 2.05) is 21.1 Å². The zero-order valence-corrected chi connectivity index (χ0v) is 38.2. The number of unbranched alkanes of at least 4 members (excludes halogenated alkanes) is 27. The highest BCUT2D eigenvalue weighted by Gasteiger charge is 2.21. The van der Waals surface area contributed by atoms with Crippen LogP contribution in [-0.4, -0.2) is 70.0 Å². The van der Waals surface area contributed by atoms with Gasteiger partial charge in [-0.3, -0.25) is 14.2 Å². The topological polar surface area (TPSA) is 111 Å². The zero-order chi connectivity index (χ0) is 41.4. The van der Waals surface area contributed by atoms with Crippen molar-refractivity contribution in [1.82, 2.24) is 0 Å². The van der Waals surface area contributed by atoms with Crippen molar-refractivity contribution in [2.75, 3.05) is 47.5 Å². The zero-order valence-electron chi connectivity index (χ0n) is 37.3. The maximum atomic E-state index is 12.7. The van der Waals surface area contributed by atoms with E-state index in [0.29, 0.717) is 17.4 Å². The molecule has 0 aliphatic rings. The molecule has 1 unspecified atom stereocenters. The summed E-state index contributed by atoms with van der Waals surface area (Å²) < 4.78 is 33.9. The van der Waals surface area contributed by atoms with Gasteiger partial charge in [-0.15, -0.1) is 0 Å². The third-order valence-electron chi connectivity index (χ3n) is 10.3. The van der Waals surface area contributed by atoms with E-state index in [0.717, 1.165) is 51.4 Å². The lowest BCUT2D eigenvalue weighted by Gasteiger charge is -2.28. The van der Waals surface area contributed by atoms with Crippen molar-refractivity contribution in [2.24, 2.45) is 0 Å². The summed E-state index contributed by atoms with van der Waals surface area (Å²) in [4.78, 5) is 37.6. The molecule has 0 radical (unpaired) electrons. The van der Waals surface area contributed by atoms with Gasteiger partial charge in [0.15, 0.2) is 6.10 Å². The van der Waals surface area contributed by atoms with Gasteiger partial charge in [0.2, 0.25) is 0 Å². The SMILES string of the molecule is CCCCCCC/C=C\CCCCCCCC(=O)OC[C@H](COP(=O)([O-])OCC[N+](C)(C)C)OC(=O)CCCCCCCCCCCCCCCCCCCC. The molecule has 0 rings (SSSR count). The van der Waals surface area contributed by atoms with Crippen LogP contribution in [0.4, 0.5) is 0 Å². The third kappa shape index (κ3) is 42.4. The molecule has 0 aromatic heterocycles. The van der Waals surface area contributed by atoms with E-state index in [2.05, 4.69) is 26.0 Å². The second-order valence-corrected chi connectivity index (χ2v) is 18.5. The van der Waals surface area contributed by atoms with Crippen molar-refractivity contribution >= 4 is 19.8 Å². The Morgan fingerprint density at radius 2 is 0.911 bits per heavy atom. The summed E-state index contributed by atoms with van der Waals surface area (Å²) in [5, 5.41) is 0. The van der Waals surface area contributed by atoms with Crippen molar-refractivity contribution in [3.05, 3.63) is 12.2 Å². The number of phosphoric acid groups is 1. The van der Waals surface area contributed by atoms with Crippen LogP contribution in [0.1, 0.15) is 219 Å². The molecule has 0 spiro atoms. The molecule has 0 aliphatic heterocycles. The molecule has 0 aromatic rings. The molecule has 0 aliphatic carbocycles. The molecule has 332 valence electrons. The van der Waals surface area contributed by atoms with Gasteiger partial charge in [0, 0.05) is 12.8 Å². The number of nitrogens with zero attached hydrogens (tertiary/aromatic N) is 1. The van der Waals surface area contributed by atoms with Gasteiger partial charge < -0.3 is 27.9 Å². The standard InChI is InChI=1S/C46H90NO8P/c1-6-8-10-12-14-16-18-20-22-23-24-25-27-29-31-33-35-37-39-46(49)55-44(43-54-56(50,51)53-41-40-47(3,4)5)42-52-45(48)38-36-34-32-30-28-26-21-19-17-15-13-11-9-7-2/h19,21,44H,6-18,20,22-43H2,1-5H3/b21-19-/t44-/m1/s1. The Morgan fingerprint density at radius 3 is 1.32 bits per heavy atom. The molecule has 56 heavy (non-hydrogen) atoms. The molecule has 0 saturated heterocycles. The number of likely N-dealkylation sites (N-methyl/N-ethyl adjacent to an activating group) is 1. The van der Waals surface area contributed by atoms with Crippen LogP contribution in [-0.2, 0) is 32.7 Å². The Balaban J connectivity index is 4.29. The normalized spacial score (nSPS) is 13.6. The summed E-state index contributed by atoms with van der Waals surface area (Å²) in [6.07, 6.45) is 40.9. The smallest absolute Gasteiger partial charge is 0.306 e. The summed E-state index contributed by atoms with van der Waals surface area (Å²) in [6, 6.07) is 0. The van der Waals surface area contributed by atoms with Crippen LogP contribution in [0.5, 0.6) is 0 Å². The molecule has 0 fully saturated rings. The Bertz CT molecular complexity index is 969. The van der Waals surface area contributed by atoms with Crippen LogP contribution in [0.15, 0.2) is 12.2 Å². The van der Waals surface area contributed by atoms with Gasteiger partial charge in [0.1, 0.15) is 19.8 Å². The molecule has 0 saturated carbocycles. The first-order chi connectivity index (χ1) is 27.0.